The SMILES string of the molecule is CC(C)NC(C)C.CCCCCC. The van der Waals surface area contributed by atoms with Gasteiger partial charge in [0.1, 0.15) is 0 Å². The van der Waals surface area contributed by atoms with E-state index in [0.717, 1.165) is 0 Å². The zero-order valence-corrected chi connectivity index (χ0v) is 10.5. The smallest absolute Gasteiger partial charge is 0.00127 e. The highest BCUT2D eigenvalue weighted by Crippen LogP contribution is 1.95. The third kappa shape index (κ3) is 24.5. The van der Waals surface area contributed by atoms with Gasteiger partial charge in [-0.2, -0.15) is 0 Å². The van der Waals surface area contributed by atoms with Gasteiger partial charge in [0.15, 0.2) is 0 Å². The first kappa shape index (κ1) is 15.4. The zero-order valence-electron chi connectivity index (χ0n) is 10.5. The van der Waals surface area contributed by atoms with E-state index in [2.05, 4.69) is 46.9 Å². The van der Waals surface area contributed by atoms with Gasteiger partial charge in [0.05, 0.1) is 0 Å². The molecule has 1 nitrogen and oxygen atoms in total. The highest BCUT2D eigenvalue weighted by atomic mass is 14.9. The Morgan fingerprint density at radius 2 is 1.08 bits per heavy atom. The average Bonchev–Trinajstić information content (AvgIpc) is 1.99. The standard InChI is InChI=1S/C6H15N.C6H14/c1-5(2)7-6(3)4;1-3-5-6-4-2/h5-7H,1-4H3;3-6H2,1-2H3. The quantitative estimate of drug-likeness (QED) is 0.642. The summed E-state index contributed by atoms with van der Waals surface area (Å²) in [5.41, 5.74) is 0. The third-order valence-corrected chi connectivity index (χ3v) is 1.62. The maximum Gasteiger partial charge on any atom is 0.00127 e. The highest BCUT2D eigenvalue weighted by Gasteiger charge is 1.92. The van der Waals surface area contributed by atoms with Crippen LogP contribution < -0.4 is 5.32 Å². The highest BCUT2D eigenvalue weighted by molar-refractivity contribution is 4.55. The van der Waals surface area contributed by atoms with Crippen molar-refractivity contribution in [2.24, 2.45) is 0 Å². The van der Waals surface area contributed by atoms with Crippen molar-refractivity contribution >= 4 is 0 Å². The number of hydrogen-bond donors (Lipinski definition) is 1. The molecule has 0 aromatic heterocycles. The Morgan fingerprint density at radius 3 is 1.15 bits per heavy atom. The summed E-state index contributed by atoms with van der Waals surface area (Å²) in [4.78, 5) is 0. The summed E-state index contributed by atoms with van der Waals surface area (Å²) in [6.45, 7) is 13.1. The van der Waals surface area contributed by atoms with Crippen molar-refractivity contribution in [2.75, 3.05) is 0 Å². The lowest BCUT2D eigenvalue weighted by Crippen LogP contribution is -2.29. The molecule has 0 saturated carbocycles. The minimum absolute atomic E-state index is 0.625. The second kappa shape index (κ2) is 12.0. The van der Waals surface area contributed by atoms with Crippen LogP contribution in [0, 0.1) is 0 Å². The fourth-order valence-electron chi connectivity index (χ4n) is 1.17. The van der Waals surface area contributed by atoms with Crippen molar-refractivity contribution in [1.29, 1.82) is 0 Å². The lowest BCUT2D eigenvalue weighted by atomic mass is 10.2. The molecule has 0 radical (unpaired) electrons. The summed E-state index contributed by atoms with van der Waals surface area (Å²) < 4.78 is 0. The van der Waals surface area contributed by atoms with Crippen LogP contribution in [0.2, 0.25) is 0 Å². The molecule has 0 heterocycles. The molecule has 0 aliphatic heterocycles. The van der Waals surface area contributed by atoms with Crippen LogP contribution in [-0.2, 0) is 0 Å². The van der Waals surface area contributed by atoms with Crippen LogP contribution in [-0.4, -0.2) is 12.1 Å². The van der Waals surface area contributed by atoms with Gasteiger partial charge in [-0.3, -0.25) is 0 Å². The van der Waals surface area contributed by atoms with E-state index < -0.39 is 0 Å². The summed E-state index contributed by atoms with van der Waals surface area (Å²) in [7, 11) is 0. The molecular weight excluding hydrogens is 158 g/mol. The first-order valence-electron chi connectivity index (χ1n) is 5.80. The predicted octanol–water partition coefficient (Wildman–Crippen LogP) is 3.98. The number of nitrogens with one attached hydrogen (secondary N) is 1. The molecule has 0 saturated heterocycles. The molecule has 0 bridgehead atoms. The van der Waals surface area contributed by atoms with E-state index in [1.807, 2.05) is 0 Å². The second-order valence-corrected chi connectivity index (χ2v) is 4.18. The van der Waals surface area contributed by atoms with Crippen LogP contribution in [0.4, 0.5) is 0 Å². The summed E-state index contributed by atoms with van der Waals surface area (Å²) in [6.07, 6.45) is 5.54. The summed E-state index contributed by atoms with van der Waals surface area (Å²) in [5, 5.41) is 3.31. The fraction of sp³-hybridized carbons (Fsp3) is 1.00. The van der Waals surface area contributed by atoms with Crippen molar-refractivity contribution in [3.8, 4) is 0 Å². The van der Waals surface area contributed by atoms with E-state index in [4.69, 9.17) is 0 Å². The van der Waals surface area contributed by atoms with Crippen LogP contribution >= 0.6 is 0 Å². The van der Waals surface area contributed by atoms with Gasteiger partial charge in [-0.05, 0) is 0 Å². The maximum absolute atomic E-state index is 3.31. The first-order chi connectivity index (χ1) is 6.04. The topological polar surface area (TPSA) is 12.0 Å². The Bertz CT molecular complexity index is 67.2. The first-order valence-corrected chi connectivity index (χ1v) is 5.80. The minimum atomic E-state index is 0.625. The maximum atomic E-state index is 3.31. The Balaban J connectivity index is 0. The molecule has 0 atom stereocenters. The van der Waals surface area contributed by atoms with Gasteiger partial charge < -0.3 is 5.32 Å². The summed E-state index contributed by atoms with van der Waals surface area (Å²) >= 11 is 0. The largest absolute Gasteiger partial charge is 0.312 e. The molecular formula is C12H29N. The van der Waals surface area contributed by atoms with Crippen molar-refractivity contribution in [3.05, 3.63) is 0 Å². The summed E-state index contributed by atoms with van der Waals surface area (Å²) in [5.74, 6) is 0. The van der Waals surface area contributed by atoms with Crippen molar-refractivity contribution in [3.63, 3.8) is 0 Å². The molecule has 13 heavy (non-hydrogen) atoms. The molecule has 0 rings (SSSR count). The van der Waals surface area contributed by atoms with Crippen molar-refractivity contribution < 1.29 is 0 Å². The Kier molecular flexibility index (Phi) is 14.2. The molecule has 0 fully saturated rings. The molecule has 82 valence electrons. The lowest BCUT2D eigenvalue weighted by molar-refractivity contribution is 0.518. The number of hydrogen-bond acceptors (Lipinski definition) is 1. The summed E-state index contributed by atoms with van der Waals surface area (Å²) in [6, 6.07) is 1.25. The molecule has 0 amide bonds. The van der Waals surface area contributed by atoms with E-state index in [0.29, 0.717) is 12.1 Å². The van der Waals surface area contributed by atoms with Crippen LogP contribution in [0.3, 0.4) is 0 Å². The van der Waals surface area contributed by atoms with Crippen molar-refractivity contribution in [1.82, 2.24) is 5.32 Å². The molecule has 0 unspecified atom stereocenters. The van der Waals surface area contributed by atoms with E-state index in [1.54, 1.807) is 0 Å². The molecule has 1 N–H and O–H groups in total. The second-order valence-electron chi connectivity index (χ2n) is 4.18. The van der Waals surface area contributed by atoms with Crippen LogP contribution in [0.5, 0.6) is 0 Å². The van der Waals surface area contributed by atoms with Gasteiger partial charge in [-0.15, -0.1) is 0 Å². The number of rotatable bonds is 5. The molecule has 0 aromatic carbocycles. The molecule has 0 aromatic rings. The van der Waals surface area contributed by atoms with Gasteiger partial charge in [-0.25, -0.2) is 0 Å². The van der Waals surface area contributed by atoms with Gasteiger partial charge in [-0.1, -0.05) is 67.2 Å². The average molecular weight is 187 g/mol. The Hall–Kier alpha value is -0.0400. The number of unbranched alkanes of at least 4 members (excludes halogenated alkanes) is 3. The monoisotopic (exact) mass is 187 g/mol. The lowest BCUT2D eigenvalue weighted by Gasteiger charge is -2.10. The van der Waals surface area contributed by atoms with E-state index >= 15 is 0 Å². The minimum Gasteiger partial charge on any atom is -0.312 e. The normalized spacial score (nSPS) is 10.2. The predicted molar refractivity (Wildman–Crippen MR) is 63.2 cm³/mol. The Labute approximate surface area is 85.3 Å². The van der Waals surface area contributed by atoms with Crippen LogP contribution in [0.15, 0.2) is 0 Å². The van der Waals surface area contributed by atoms with Crippen LogP contribution in [0.25, 0.3) is 0 Å². The molecule has 0 spiro atoms. The van der Waals surface area contributed by atoms with Gasteiger partial charge in [0, 0.05) is 12.1 Å². The van der Waals surface area contributed by atoms with E-state index in [1.165, 1.54) is 25.7 Å². The fourth-order valence-corrected chi connectivity index (χ4v) is 1.17. The van der Waals surface area contributed by atoms with Crippen molar-refractivity contribution in [2.45, 2.75) is 79.3 Å². The third-order valence-electron chi connectivity index (χ3n) is 1.62. The van der Waals surface area contributed by atoms with Gasteiger partial charge >= 0.3 is 0 Å². The molecule has 0 aliphatic rings. The van der Waals surface area contributed by atoms with Gasteiger partial charge in [0.2, 0.25) is 0 Å². The zero-order chi connectivity index (χ0) is 10.7. The van der Waals surface area contributed by atoms with E-state index in [9.17, 15) is 0 Å². The Morgan fingerprint density at radius 1 is 0.769 bits per heavy atom. The van der Waals surface area contributed by atoms with E-state index in [-0.39, 0.29) is 0 Å². The van der Waals surface area contributed by atoms with Gasteiger partial charge in [0.25, 0.3) is 0 Å². The van der Waals surface area contributed by atoms with Crippen LogP contribution in [0.1, 0.15) is 67.2 Å². The molecule has 0 aliphatic carbocycles. The molecule has 1 heteroatoms.